The molecule has 1 atom stereocenters. The van der Waals surface area contributed by atoms with Gasteiger partial charge in [-0.2, -0.15) is 0 Å². The zero-order valence-electron chi connectivity index (χ0n) is 12.1. The Balaban J connectivity index is 2.43. The lowest BCUT2D eigenvalue weighted by molar-refractivity contribution is 0.104. The molecule has 1 amide bonds. The summed E-state index contributed by atoms with van der Waals surface area (Å²) in [4.78, 5) is 11.1. The van der Waals surface area contributed by atoms with Gasteiger partial charge in [0, 0.05) is 24.3 Å². The summed E-state index contributed by atoms with van der Waals surface area (Å²) >= 11 is 0. The fourth-order valence-electron chi connectivity index (χ4n) is 1.46. The van der Waals surface area contributed by atoms with Gasteiger partial charge in [-0.1, -0.05) is 19.9 Å². The van der Waals surface area contributed by atoms with Crippen LogP contribution in [0.25, 0.3) is 0 Å². The molecular formula is C14H22N2O4. The van der Waals surface area contributed by atoms with Crippen molar-refractivity contribution in [2.45, 2.75) is 26.0 Å². The molecule has 0 bridgehead atoms. The van der Waals surface area contributed by atoms with Crippen molar-refractivity contribution in [2.75, 3.05) is 25.6 Å². The van der Waals surface area contributed by atoms with Crippen LogP contribution in [0.3, 0.4) is 0 Å². The van der Waals surface area contributed by atoms with Crippen molar-refractivity contribution < 1.29 is 19.4 Å². The van der Waals surface area contributed by atoms with Crippen molar-refractivity contribution in [3.05, 3.63) is 24.3 Å². The molecule has 0 aliphatic rings. The Bertz CT molecular complexity index is 423. The largest absolute Gasteiger partial charge is 0.491 e. The third-order valence-corrected chi connectivity index (χ3v) is 2.47. The number of anilines is 1. The molecule has 1 rings (SSSR count). The average molecular weight is 282 g/mol. The van der Waals surface area contributed by atoms with Crippen LogP contribution in [-0.2, 0) is 4.74 Å². The predicted molar refractivity (Wildman–Crippen MR) is 77.1 cm³/mol. The lowest BCUT2D eigenvalue weighted by Gasteiger charge is -2.15. The normalized spacial score (nSPS) is 12.1. The van der Waals surface area contributed by atoms with Gasteiger partial charge in [0.15, 0.2) is 0 Å². The van der Waals surface area contributed by atoms with Gasteiger partial charge >= 0.3 is 6.09 Å². The Hall–Kier alpha value is -1.79. The first-order valence-corrected chi connectivity index (χ1v) is 6.50. The molecule has 0 saturated carbocycles. The van der Waals surface area contributed by atoms with Gasteiger partial charge in [-0.3, -0.25) is 5.32 Å². The van der Waals surface area contributed by atoms with E-state index in [0.29, 0.717) is 24.0 Å². The van der Waals surface area contributed by atoms with E-state index in [4.69, 9.17) is 4.74 Å². The molecule has 112 valence electrons. The van der Waals surface area contributed by atoms with Crippen molar-refractivity contribution in [1.29, 1.82) is 0 Å². The molecule has 1 aromatic carbocycles. The predicted octanol–water partition coefficient (Wildman–Crippen LogP) is 1.60. The van der Waals surface area contributed by atoms with Gasteiger partial charge in [-0.15, -0.1) is 0 Å². The number of benzene rings is 1. The van der Waals surface area contributed by atoms with Crippen LogP contribution in [0.2, 0.25) is 0 Å². The third kappa shape index (κ3) is 6.40. The molecule has 0 saturated heterocycles. The number of methoxy groups -OCH3 is 1. The number of aliphatic hydroxyl groups is 1. The molecule has 0 aliphatic heterocycles. The smallest absolute Gasteiger partial charge is 0.411 e. The molecule has 0 aromatic heterocycles. The Kier molecular flexibility index (Phi) is 6.83. The first-order chi connectivity index (χ1) is 9.51. The summed E-state index contributed by atoms with van der Waals surface area (Å²) in [6.45, 7) is 4.67. The van der Waals surface area contributed by atoms with Crippen LogP contribution in [0.4, 0.5) is 10.5 Å². The van der Waals surface area contributed by atoms with Crippen LogP contribution in [0.5, 0.6) is 5.75 Å². The summed E-state index contributed by atoms with van der Waals surface area (Å²) in [6, 6.07) is 7.21. The maximum atomic E-state index is 11.1. The van der Waals surface area contributed by atoms with Gasteiger partial charge in [0.2, 0.25) is 0 Å². The Morgan fingerprint density at radius 1 is 1.40 bits per heavy atom. The number of amides is 1. The number of nitrogens with one attached hydrogen (secondary N) is 2. The van der Waals surface area contributed by atoms with Crippen LogP contribution in [0.1, 0.15) is 13.8 Å². The lowest BCUT2D eigenvalue weighted by atomic mass is 10.3. The van der Waals surface area contributed by atoms with Gasteiger partial charge in [0.25, 0.3) is 0 Å². The van der Waals surface area contributed by atoms with E-state index in [2.05, 4.69) is 15.4 Å². The fourth-order valence-corrected chi connectivity index (χ4v) is 1.46. The molecule has 6 heteroatoms. The van der Waals surface area contributed by atoms with E-state index >= 15 is 0 Å². The molecule has 1 unspecified atom stereocenters. The molecule has 0 radical (unpaired) electrons. The summed E-state index contributed by atoms with van der Waals surface area (Å²) in [5.74, 6) is 0.572. The monoisotopic (exact) mass is 282 g/mol. The van der Waals surface area contributed by atoms with Crippen molar-refractivity contribution in [3.63, 3.8) is 0 Å². The van der Waals surface area contributed by atoms with Gasteiger partial charge in [-0.05, 0) is 12.1 Å². The molecule has 0 aliphatic carbocycles. The second-order valence-corrected chi connectivity index (χ2v) is 4.67. The van der Waals surface area contributed by atoms with Crippen LogP contribution in [0, 0.1) is 0 Å². The van der Waals surface area contributed by atoms with Gasteiger partial charge in [-0.25, -0.2) is 4.79 Å². The number of carbonyl (C=O) groups is 1. The summed E-state index contributed by atoms with van der Waals surface area (Å²) < 4.78 is 9.98. The molecular weight excluding hydrogens is 260 g/mol. The highest BCUT2D eigenvalue weighted by Crippen LogP contribution is 2.17. The Morgan fingerprint density at radius 2 is 2.15 bits per heavy atom. The second kappa shape index (κ2) is 8.39. The Morgan fingerprint density at radius 3 is 2.80 bits per heavy atom. The van der Waals surface area contributed by atoms with E-state index < -0.39 is 12.2 Å². The molecule has 20 heavy (non-hydrogen) atoms. The van der Waals surface area contributed by atoms with E-state index in [0.717, 1.165) is 0 Å². The second-order valence-electron chi connectivity index (χ2n) is 4.67. The standard InChI is InChI=1S/C14H22N2O4/c1-10(2)15-8-12(17)9-20-13-6-4-5-11(7-13)16-14(18)19-3/h4-7,10,12,15,17H,8-9H2,1-3H3,(H,16,18). The minimum absolute atomic E-state index is 0.182. The van der Waals surface area contributed by atoms with E-state index in [-0.39, 0.29) is 6.61 Å². The quantitative estimate of drug-likeness (QED) is 0.708. The van der Waals surface area contributed by atoms with Crippen molar-refractivity contribution in [1.82, 2.24) is 5.32 Å². The summed E-state index contributed by atoms with van der Waals surface area (Å²) in [6.07, 6.45) is -1.13. The molecule has 6 nitrogen and oxygen atoms in total. The van der Waals surface area contributed by atoms with E-state index in [1.807, 2.05) is 13.8 Å². The van der Waals surface area contributed by atoms with E-state index in [1.54, 1.807) is 24.3 Å². The number of hydrogen-bond acceptors (Lipinski definition) is 5. The molecule has 0 heterocycles. The van der Waals surface area contributed by atoms with Crippen molar-refractivity contribution >= 4 is 11.8 Å². The topological polar surface area (TPSA) is 79.8 Å². The van der Waals surface area contributed by atoms with Crippen LogP contribution in [0.15, 0.2) is 24.3 Å². The van der Waals surface area contributed by atoms with E-state index in [1.165, 1.54) is 7.11 Å². The highest BCUT2D eigenvalue weighted by molar-refractivity contribution is 5.84. The zero-order chi connectivity index (χ0) is 15.0. The number of hydrogen-bond donors (Lipinski definition) is 3. The summed E-state index contributed by atoms with van der Waals surface area (Å²) in [5.41, 5.74) is 0.573. The lowest BCUT2D eigenvalue weighted by Crippen LogP contribution is -2.35. The number of aliphatic hydroxyl groups excluding tert-OH is 1. The first-order valence-electron chi connectivity index (χ1n) is 6.50. The highest BCUT2D eigenvalue weighted by atomic mass is 16.5. The van der Waals surface area contributed by atoms with Crippen molar-refractivity contribution in [3.8, 4) is 5.75 Å². The van der Waals surface area contributed by atoms with E-state index in [9.17, 15) is 9.90 Å². The first kappa shape index (κ1) is 16.3. The van der Waals surface area contributed by atoms with Crippen LogP contribution >= 0.6 is 0 Å². The van der Waals surface area contributed by atoms with Crippen LogP contribution < -0.4 is 15.4 Å². The Labute approximate surface area is 119 Å². The molecule has 0 fully saturated rings. The zero-order valence-corrected chi connectivity index (χ0v) is 12.1. The molecule has 1 aromatic rings. The number of carbonyl (C=O) groups excluding carboxylic acids is 1. The summed E-state index contributed by atoms with van der Waals surface area (Å²) in [5, 5.41) is 15.4. The van der Waals surface area contributed by atoms with Crippen molar-refractivity contribution in [2.24, 2.45) is 0 Å². The van der Waals surface area contributed by atoms with Gasteiger partial charge in [0.05, 0.1) is 7.11 Å². The third-order valence-electron chi connectivity index (χ3n) is 2.47. The fraction of sp³-hybridized carbons (Fsp3) is 0.500. The van der Waals surface area contributed by atoms with Crippen LogP contribution in [-0.4, -0.2) is 43.6 Å². The minimum Gasteiger partial charge on any atom is -0.491 e. The van der Waals surface area contributed by atoms with Gasteiger partial charge < -0.3 is 19.9 Å². The summed E-state index contributed by atoms with van der Waals surface area (Å²) in [7, 11) is 1.30. The minimum atomic E-state index is -0.588. The molecule has 0 spiro atoms. The maximum absolute atomic E-state index is 11.1. The molecule has 3 N–H and O–H groups in total. The average Bonchev–Trinajstić information content (AvgIpc) is 2.43. The SMILES string of the molecule is COC(=O)Nc1cccc(OCC(O)CNC(C)C)c1. The maximum Gasteiger partial charge on any atom is 0.411 e. The number of rotatable bonds is 7. The van der Waals surface area contributed by atoms with Gasteiger partial charge in [0.1, 0.15) is 18.5 Å². The number of ether oxygens (including phenoxy) is 2. The highest BCUT2D eigenvalue weighted by Gasteiger charge is 2.07.